The molecule has 1 aliphatic rings. The molecule has 0 aromatic carbocycles. The summed E-state index contributed by atoms with van der Waals surface area (Å²) in [5.41, 5.74) is 10.8. The predicted molar refractivity (Wildman–Crippen MR) is 60.3 cm³/mol. The van der Waals surface area contributed by atoms with Crippen molar-refractivity contribution in [2.24, 2.45) is 16.5 Å². The molecule has 0 bridgehead atoms. The Kier molecular flexibility index (Phi) is 4.39. The Morgan fingerprint density at radius 3 is 2.60 bits per heavy atom. The highest BCUT2D eigenvalue weighted by molar-refractivity contribution is 5.80. The lowest BCUT2D eigenvalue weighted by atomic mass is 10.2. The van der Waals surface area contributed by atoms with Crippen LogP contribution >= 0.6 is 0 Å². The Morgan fingerprint density at radius 2 is 2.07 bits per heavy atom. The third-order valence-corrected chi connectivity index (χ3v) is 2.55. The number of hydrogen-bond donors (Lipinski definition) is 3. The van der Waals surface area contributed by atoms with Gasteiger partial charge >= 0.3 is 0 Å². The fourth-order valence-electron chi connectivity index (χ4n) is 1.87. The number of guanidine groups is 1. The average Bonchev–Trinajstić information content (AvgIpc) is 2.53. The molecule has 1 unspecified atom stereocenters. The molecule has 0 aliphatic heterocycles. The van der Waals surface area contributed by atoms with Crippen LogP contribution in [0.1, 0.15) is 39.0 Å². The van der Waals surface area contributed by atoms with E-state index in [-0.39, 0.29) is 18.4 Å². The summed E-state index contributed by atoms with van der Waals surface area (Å²) in [7, 11) is 0. The molecule has 1 saturated carbocycles. The maximum Gasteiger partial charge on any atom is 0.219 e. The van der Waals surface area contributed by atoms with Gasteiger partial charge in [-0.3, -0.25) is 9.79 Å². The lowest BCUT2D eigenvalue weighted by Gasteiger charge is -2.13. The van der Waals surface area contributed by atoms with Crippen molar-refractivity contribution in [2.45, 2.75) is 51.1 Å². The van der Waals surface area contributed by atoms with Crippen molar-refractivity contribution in [3.8, 4) is 0 Å². The lowest BCUT2D eigenvalue weighted by molar-refractivity contribution is -0.118. The minimum atomic E-state index is -0.330. The topological polar surface area (TPSA) is 93.5 Å². The van der Waals surface area contributed by atoms with E-state index in [0.29, 0.717) is 12.0 Å². The Balaban J connectivity index is 2.32. The van der Waals surface area contributed by atoms with Crippen molar-refractivity contribution in [3.63, 3.8) is 0 Å². The van der Waals surface area contributed by atoms with Crippen molar-refractivity contribution in [2.75, 3.05) is 0 Å². The van der Waals surface area contributed by atoms with Crippen LogP contribution in [0.15, 0.2) is 4.99 Å². The van der Waals surface area contributed by atoms with Gasteiger partial charge in [-0.25, -0.2) is 0 Å². The second kappa shape index (κ2) is 5.58. The van der Waals surface area contributed by atoms with Gasteiger partial charge in [0.05, 0.1) is 6.04 Å². The summed E-state index contributed by atoms with van der Waals surface area (Å²) in [5, 5.41) is 2.96. The predicted octanol–water partition coefficient (Wildman–Crippen LogP) is 0.0972. The molecule has 5 heteroatoms. The van der Waals surface area contributed by atoms with Gasteiger partial charge in [-0.1, -0.05) is 12.8 Å². The summed E-state index contributed by atoms with van der Waals surface area (Å²) in [6, 6.07) is 0.311. The highest BCUT2D eigenvalue weighted by atomic mass is 16.1. The van der Waals surface area contributed by atoms with Gasteiger partial charge in [0.15, 0.2) is 5.96 Å². The normalized spacial score (nSPS) is 20.2. The van der Waals surface area contributed by atoms with Crippen LogP contribution < -0.4 is 16.8 Å². The third-order valence-electron chi connectivity index (χ3n) is 2.55. The molecule has 0 aromatic heterocycles. The maximum atomic E-state index is 10.6. The number of carbonyl (C=O) groups is 1. The summed E-state index contributed by atoms with van der Waals surface area (Å²) < 4.78 is 0. The molecule has 5 nitrogen and oxygen atoms in total. The van der Waals surface area contributed by atoms with E-state index in [0.717, 1.165) is 12.8 Å². The van der Waals surface area contributed by atoms with Gasteiger partial charge in [0.25, 0.3) is 0 Å². The van der Waals surface area contributed by atoms with Gasteiger partial charge < -0.3 is 16.8 Å². The Hall–Kier alpha value is -1.26. The molecular formula is C10H20N4O. The maximum absolute atomic E-state index is 10.6. The van der Waals surface area contributed by atoms with Crippen LogP contribution in [0.3, 0.4) is 0 Å². The number of primary amides is 1. The van der Waals surface area contributed by atoms with Gasteiger partial charge in [-0.2, -0.15) is 0 Å². The number of nitrogens with one attached hydrogen (secondary N) is 1. The van der Waals surface area contributed by atoms with Gasteiger partial charge in [-0.05, 0) is 19.8 Å². The fourth-order valence-corrected chi connectivity index (χ4v) is 1.87. The SMILES string of the molecule is CC(CC(N)=O)NC(N)=NC1CCCC1. The molecule has 1 fully saturated rings. The number of nitrogens with zero attached hydrogens (tertiary/aromatic N) is 1. The smallest absolute Gasteiger partial charge is 0.219 e. The van der Waals surface area contributed by atoms with Crippen molar-refractivity contribution < 1.29 is 4.79 Å². The molecule has 1 aliphatic carbocycles. The quantitative estimate of drug-likeness (QED) is 0.455. The number of nitrogens with two attached hydrogens (primary N) is 2. The third kappa shape index (κ3) is 4.67. The summed E-state index contributed by atoms with van der Waals surface area (Å²) in [6.07, 6.45) is 4.98. The number of aliphatic imine (C=N–C) groups is 1. The van der Waals surface area contributed by atoms with Crippen molar-refractivity contribution >= 4 is 11.9 Å². The van der Waals surface area contributed by atoms with E-state index in [1.807, 2.05) is 6.92 Å². The number of amides is 1. The number of hydrogen-bond acceptors (Lipinski definition) is 2. The molecule has 0 radical (unpaired) electrons. The van der Waals surface area contributed by atoms with Gasteiger partial charge in [0.1, 0.15) is 0 Å². The van der Waals surface area contributed by atoms with Crippen LogP contribution in [0.2, 0.25) is 0 Å². The lowest BCUT2D eigenvalue weighted by Crippen LogP contribution is -2.41. The van der Waals surface area contributed by atoms with E-state index in [4.69, 9.17) is 11.5 Å². The second-order valence-electron chi connectivity index (χ2n) is 4.17. The van der Waals surface area contributed by atoms with E-state index >= 15 is 0 Å². The molecule has 1 atom stereocenters. The summed E-state index contributed by atoms with van der Waals surface area (Å²) >= 11 is 0. The van der Waals surface area contributed by atoms with Crippen molar-refractivity contribution in [1.82, 2.24) is 5.32 Å². The summed E-state index contributed by atoms with van der Waals surface area (Å²) in [5.74, 6) is 0.0966. The zero-order valence-corrected chi connectivity index (χ0v) is 9.20. The molecule has 15 heavy (non-hydrogen) atoms. The molecule has 5 N–H and O–H groups in total. The van der Waals surface area contributed by atoms with Crippen molar-refractivity contribution in [1.29, 1.82) is 0 Å². The van der Waals surface area contributed by atoms with Crippen LogP contribution in [0.5, 0.6) is 0 Å². The largest absolute Gasteiger partial charge is 0.370 e. The molecule has 1 amide bonds. The molecule has 86 valence electrons. The average molecular weight is 212 g/mol. The van der Waals surface area contributed by atoms with E-state index in [1.165, 1.54) is 12.8 Å². The van der Waals surface area contributed by atoms with Gasteiger partial charge in [0, 0.05) is 12.5 Å². The first-order chi connectivity index (χ1) is 7.08. The molecule has 0 spiro atoms. The minimum Gasteiger partial charge on any atom is -0.370 e. The standard InChI is InChI=1S/C10H20N4O/c1-7(6-9(11)15)13-10(12)14-8-4-2-3-5-8/h7-8H,2-6H2,1H3,(H2,11,15)(H3,12,13,14). The van der Waals surface area contributed by atoms with Crippen LogP contribution in [-0.2, 0) is 4.79 Å². The van der Waals surface area contributed by atoms with E-state index in [1.54, 1.807) is 0 Å². The highest BCUT2D eigenvalue weighted by Crippen LogP contribution is 2.20. The summed E-state index contributed by atoms with van der Waals surface area (Å²) in [6.45, 7) is 1.86. The number of rotatable bonds is 4. The monoisotopic (exact) mass is 212 g/mol. The Morgan fingerprint density at radius 1 is 1.47 bits per heavy atom. The number of carbonyl (C=O) groups excluding carboxylic acids is 1. The molecular weight excluding hydrogens is 192 g/mol. The second-order valence-corrected chi connectivity index (χ2v) is 4.17. The van der Waals surface area contributed by atoms with Gasteiger partial charge in [0.2, 0.25) is 5.91 Å². The molecule has 0 saturated heterocycles. The molecule has 1 rings (SSSR count). The summed E-state index contributed by atoms with van der Waals surface area (Å²) in [4.78, 5) is 15.0. The highest BCUT2D eigenvalue weighted by Gasteiger charge is 2.14. The van der Waals surface area contributed by atoms with Crippen LogP contribution in [0.4, 0.5) is 0 Å². The van der Waals surface area contributed by atoms with E-state index in [2.05, 4.69) is 10.3 Å². The first-order valence-electron chi connectivity index (χ1n) is 5.46. The minimum absolute atomic E-state index is 0.0485. The van der Waals surface area contributed by atoms with Crippen LogP contribution in [0.25, 0.3) is 0 Å². The van der Waals surface area contributed by atoms with Crippen LogP contribution in [-0.4, -0.2) is 24.0 Å². The first-order valence-corrected chi connectivity index (χ1v) is 5.46. The van der Waals surface area contributed by atoms with Crippen molar-refractivity contribution in [3.05, 3.63) is 0 Å². The van der Waals surface area contributed by atoms with Gasteiger partial charge in [-0.15, -0.1) is 0 Å². The van der Waals surface area contributed by atoms with Crippen LogP contribution in [0, 0.1) is 0 Å². The Labute approximate surface area is 90.3 Å². The zero-order valence-electron chi connectivity index (χ0n) is 9.20. The zero-order chi connectivity index (χ0) is 11.3. The Bertz CT molecular complexity index is 246. The first kappa shape index (κ1) is 11.8. The van der Waals surface area contributed by atoms with E-state index in [9.17, 15) is 4.79 Å². The molecule has 0 aromatic rings. The fraction of sp³-hybridized carbons (Fsp3) is 0.800. The molecule has 0 heterocycles. The van der Waals surface area contributed by atoms with E-state index < -0.39 is 0 Å².